The largest absolute Gasteiger partial charge is 0.507 e. The minimum atomic E-state index is -4.96. The Kier molecular flexibility index (Phi) is 3.12. The zero-order chi connectivity index (χ0) is 13.4. The molecule has 0 fully saturated rings. The molecule has 0 aliphatic heterocycles. The van der Waals surface area contributed by atoms with Crippen molar-refractivity contribution in [3.8, 4) is 5.75 Å². The summed E-state index contributed by atoms with van der Waals surface area (Å²) < 4.78 is 50.4. The van der Waals surface area contributed by atoms with Gasteiger partial charge in [0.05, 0.1) is 16.7 Å². The maximum atomic E-state index is 13.5. The van der Waals surface area contributed by atoms with Crippen LogP contribution in [0.15, 0.2) is 18.7 Å². The van der Waals surface area contributed by atoms with Gasteiger partial charge in [-0.25, -0.2) is 9.18 Å². The summed E-state index contributed by atoms with van der Waals surface area (Å²) in [5, 5.41) is 17.7. The SMILES string of the molecule is C=C(c1c(O)ccc(C(=O)O)c1F)C(F)(F)F. The number of phenols is 1. The van der Waals surface area contributed by atoms with Crippen molar-refractivity contribution in [3.63, 3.8) is 0 Å². The van der Waals surface area contributed by atoms with E-state index in [1.807, 2.05) is 0 Å². The lowest BCUT2D eigenvalue weighted by atomic mass is 10.0. The molecule has 0 amide bonds. The van der Waals surface area contributed by atoms with Gasteiger partial charge >= 0.3 is 12.1 Å². The Morgan fingerprint density at radius 3 is 2.24 bits per heavy atom. The number of aromatic hydroxyl groups is 1. The summed E-state index contributed by atoms with van der Waals surface area (Å²) in [5.41, 5.74) is -3.86. The van der Waals surface area contributed by atoms with Crippen LogP contribution >= 0.6 is 0 Å². The number of alkyl halides is 3. The maximum Gasteiger partial charge on any atom is 0.416 e. The predicted octanol–water partition coefficient (Wildman–Crippen LogP) is 2.80. The molecule has 0 aromatic heterocycles. The van der Waals surface area contributed by atoms with Gasteiger partial charge < -0.3 is 10.2 Å². The molecule has 3 nitrogen and oxygen atoms in total. The van der Waals surface area contributed by atoms with Crippen molar-refractivity contribution in [2.24, 2.45) is 0 Å². The summed E-state index contributed by atoms with van der Waals surface area (Å²) in [6.07, 6.45) is -4.96. The Hall–Kier alpha value is -2.05. The van der Waals surface area contributed by atoms with Crippen molar-refractivity contribution >= 4 is 11.5 Å². The highest BCUT2D eigenvalue weighted by molar-refractivity contribution is 5.90. The number of phenolic OH excluding ortho intramolecular Hbond substituents is 1. The monoisotopic (exact) mass is 250 g/mol. The molecule has 0 unspecified atom stereocenters. The van der Waals surface area contributed by atoms with E-state index in [9.17, 15) is 22.4 Å². The summed E-state index contributed by atoms with van der Waals surface area (Å²) >= 11 is 0. The van der Waals surface area contributed by atoms with Crippen LogP contribution in [0.5, 0.6) is 5.75 Å². The van der Waals surface area contributed by atoms with Gasteiger partial charge in [-0.1, -0.05) is 6.58 Å². The lowest BCUT2D eigenvalue weighted by molar-refractivity contribution is -0.0690. The molecule has 0 bridgehead atoms. The number of allylic oxidation sites excluding steroid dienone is 1. The lowest BCUT2D eigenvalue weighted by Crippen LogP contribution is -2.13. The highest BCUT2D eigenvalue weighted by Crippen LogP contribution is 2.38. The molecule has 0 atom stereocenters. The topological polar surface area (TPSA) is 57.5 Å². The predicted molar refractivity (Wildman–Crippen MR) is 50.1 cm³/mol. The molecule has 1 aromatic carbocycles. The van der Waals surface area contributed by atoms with E-state index in [-0.39, 0.29) is 0 Å². The van der Waals surface area contributed by atoms with Crippen molar-refractivity contribution in [2.75, 3.05) is 0 Å². The molecule has 0 heterocycles. The van der Waals surface area contributed by atoms with Crippen molar-refractivity contribution < 1.29 is 32.6 Å². The smallest absolute Gasteiger partial charge is 0.416 e. The first-order valence-electron chi connectivity index (χ1n) is 4.17. The fourth-order valence-corrected chi connectivity index (χ4v) is 1.16. The third-order valence-electron chi connectivity index (χ3n) is 1.99. The standard InChI is InChI=1S/C10H6F4O3/c1-4(10(12,13)14)7-6(15)3-2-5(8(7)11)9(16)17/h2-3,15H,1H2,(H,16,17). The van der Waals surface area contributed by atoms with Crippen molar-refractivity contribution in [2.45, 2.75) is 6.18 Å². The van der Waals surface area contributed by atoms with Crippen molar-refractivity contribution in [1.82, 2.24) is 0 Å². The number of hydrogen-bond acceptors (Lipinski definition) is 2. The molecule has 1 aromatic rings. The van der Waals surface area contributed by atoms with Crippen molar-refractivity contribution in [1.29, 1.82) is 0 Å². The van der Waals surface area contributed by atoms with E-state index >= 15 is 0 Å². The van der Waals surface area contributed by atoms with Gasteiger partial charge in [-0.05, 0) is 12.1 Å². The average Bonchev–Trinajstić information content (AvgIpc) is 2.15. The van der Waals surface area contributed by atoms with Gasteiger partial charge in [0.25, 0.3) is 0 Å². The third kappa shape index (κ3) is 2.38. The van der Waals surface area contributed by atoms with Gasteiger partial charge in [-0.2, -0.15) is 13.2 Å². The number of benzene rings is 1. The van der Waals surface area contributed by atoms with Gasteiger partial charge in [-0.15, -0.1) is 0 Å². The molecular formula is C10H6F4O3. The van der Waals surface area contributed by atoms with Crippen LogP contribution < -0.4 is 0 Å². The molecule has 17 heavy (non-hydrogen) atoms. The molecule has 0 aliphatic rings. The van der Waals surface area contributed by atoms with Crippen molar-refractivity contribution in [3.05, 3.63) is 35.7 Å². The van der Waals surface area contributed by atoms with Crippen LogP contribution in [0.3, 0.4) is 0 Å². The Bertz CT molecular complexity index is 491. The molecule has 2 N–H and O–H groups in total. The second-order valence-electron chi connectivity index (χ2n) is 3.10. The Labute approximate surface area is 92.6 Å². The number of carboxylic acid groups (broad SMARTS) is 1. The fourth-order valence-electron chi connectivity index (χ4n) is 1.16. The van der Waals surface area contributed by atoms with Gasteiger partial charge in [0.15, 0.2) is 0 Å². The summed E-state index contributed by atoms with van der Waals surface area (Å²) in [7, 11) is 0. The average molecular weight is 250 g/mol. The van der Waals surface area contributed by atoms with Crippen LogP contribution in [0.4, 0.5) is 17.6 Å². The van der Waals surface area contributed by atoms with Crippen LogP contribution in [0.1, 0.15) is 15.9 Å². The number of hydrogen-bond donors (Lipinski definition) is 2. The number of halogens is 4. The highest BCUT2D eigenvalue weighted by atomic mass is 19.4. The lowest BCUT2D eigenvalue weighted by Gasteiger charge is -2.13. The van der Waals surface area contributed by atoms with E-state index < -0.39 is 40.4 Å². The second kappa shape index (κ2) is 4.08. The molecule has 0 saturated heterocycles. The molecular weight excluding hydrogens is 244 g/mol. The number of carbonyl (C=O) groups is 1. The maximum absolute atomic E-state index is 13.5. The number of carboxylic acids is 1. The second-order valence-corrected chi connectivity index (χ2v) is 3.10. The first-order valence-corrected chi connectivity index (χ1v) is 4.17. The molecule has 0 spiro atoms. The summed E-state index contributed by atoms with van der Waals surface area (Å²) in [5.74, 6) is -4.42. The number of aromatic carboxylic acids is 1. The summed E-state index contributed by atoms with van der Waals surface area (Å²) in [6.45, 7) is 2.60. The molecule has 1 rings (SSSR count). The Morgan fingerprint density at radius 1 is 1.29 bits per heavy atom. The normalized spacial score (nSPS) is 11.3. The quantitative estimate of drug-likeness (QED) is 0.793. The van der Waals surface area contributed by atoms with E-state index in [2.05, 4.69) is 6.58 Å². The van der Waals surface area contributed by atoms with E-state index in [1.165, 1.54) is 0 Å². The first-order chi connectivity index (χ1) is 7.66. The van der Waals surface area contributed by atoms with Gasteiger partial charge in [0.2, 0.25) is 0 Å². The van der Waals surface area contributed by atoms with Crippen LogP contribution in [0, 0.1) is 5.82 Å². The zero-order valence-electron chi connectivity index (χ0n) is 8.18. The summed E-state index contributed by atoms with van der Waals surface area (Å²) in [6, 6.07) is 1.33. The third-order valence-corrected chi connectivity index (χ3v) is 1.99. The van der Waals surface area contributed by atoms with E-state index in [4.69, 9.17) is 10.2 Å². The van der Waals surface area contributed by atoms with E-state index in [0.29, 0.717) is 12.1 Å². The van der Waals surface area contributed by atoms with Crippen LogP contribution in [-0.4, -0.2) is 22.4 Å². The number of rotatable bonds is 2. The molecule has 0 saturated carbocycles. The summed E-state index contributed by atoms with van der Waals surface area (Å²) in [4.78, 5) is 10.5. The van der Waals surface area contributed by atoms with Crippen LogP contribution in [0.25, 0.3) is 5.57 Å². The minimum Gasteiger partial charge on any atom is -0.507 e. The Balaban J connectivity index is 3.48. The molecule has 7 heteroatoms. The molecule has 0 radical (unpaired) electrons. The zero-order valence-corrected chi connectivity index (χ0v) is 8.18. The van der Waals surface area contributed by atoms with Gasteiger partial charge in [-0.3, -0.25) is 0 Å². The first kappa shape index (κ1) is 13.0. The van der Waals surface area contributed by atoms with Gasteiger partial charge in [0.1, 0.15) is 11.6 Å². The molecule has 0 aliphatic carbocycles. The fraction of sp³-hybridized carbons (Fsp3) is 0.100. The van der Waals surface area contributed by atoms with Crippen LogP contribution in [-0.2, 0) is 0 Å². The molecule has 92 valence electrons. The van der Waals surface area contributed by atoms with Gasteiger partial charge in [0, 0.05) is 0 Å². The van der Waals surface area contributed by atoms with E-state index in [0.717, 1.165) is 0 Å². The van der Waals surface area contributed by atoms with E-state index in [1.54, 1.807) is 0 Å². The Morgan fingerprint density at radius 2 is 1.82 bits per heavy atom. The minimum absolute atomic E-state index is 0.665. The van der Waals surface area contributed by atoms with Crippen LogP contribution in [0.2, 0.25) is 0 Å². The highest BCUT2D eigenvalue weighted by Gasteiger charge is 2.37.